The van der Waals surface area contributed by atoms with Crippen LogP contribution in [0.4, 0.5) is 0 Å². The van der Waals surface area contributed by atoms with Crippen LogP contribution in [0.3, 0.4) is 0 Å². The Bertz CT molecular complexity index is 175. The molecule has 1 aliphatic rings. The van der Waals surface area contributed by atoms with E-state index in [1.165, 1.54) is 0 Å². The lowest BCUT2D eigenvalue weighted by atomic mass is 10.1. The maximum Gasteiger partial charge on any atom is 0.0311 e. The Kier molecular flexibility index (Phi) is 1.73. The van der Waals surface area contributed by atoms with Crippen molar-refractivity contribution in [1.82, 2.24) is 0 Å². The number of nitrogens with two attached hydrogens (primary N) is 1. The molecular formula is C8H11N. The molecule has 0 aromatic rings. The van der Waals surface area contributed by atoms with E-state index in [0.29, 0.717) is 5.70 Å². The molecule has 0 unspecified atom stereocenters. The molecule has 48 valence electrons. The lowest BCUT2D eigenvalue weighted by Crippen LogP contribution is -1.98. The van der Waals surface area contributed by atoms with E-state index >= 15 is 0 Å². The summed E-state index contributed by atoms with van der Waals surface area (Å²) in [4.78, 5) is 0. The van der Waals surface area contributed by atoms with Gasteiger partial charge in [0.1, 0.15) is 0 Å². The van der Waals surface area contributed by atoms with E-state index < -0.39 is 0 Å². The van der Waals surface area contributed by atoms with Crippen LogP contribution in [-0.2, 0) is 0 Å². The number of hydrogen-bond donors (Lipinski definition) is 1. The Hall–Kier alpha value is -0.980. The predicted molar refractivity (Wildman–Crippen MR) is 39.8 cm³/mol. The molecule has 0 radical (unpaired) electrons. The minimum absolute atomic E-state index is 0.672. The smallest absolute Gasteiger partial charge is 0.0311 e. The fourth-order valence-corrected chi connectivity index (χ4v) is 0.852. The highest BCUT2D eigenvalue weighted by Gasteiger charge is 1.95. The lowest BCUT2D eigenvalue weighted by Gasteiger charge is -2.03. The summed E-state index contributed by atoms with van der Waals surface area (Å²) in [6.07, 6.45) is 8.49. The molecule has 0 amide bonds. The molecule has 0 fully saturated rings. The van der Waals surface area contributed by atoms with Gasteiger partial charge in [0.2, 0.25) is 0 Å². The maximum atomic E-state index is 5.45. The van der Waals surface area contributed by atoms with Gasteiger partial charge in [-0.05, 0) is 18.4 Å². The van der Waals surface area contributed by atoms with Crippen LogP contribution in [0.25, 0.3) is 0 Å². The van der Waals surface area contributed by atoms with Gasteiger partial charge < -0.3 is 5.73 Å². The monoisotopic (exact) mass is 121 g/mol. The van der Waals surface area contributed by atoms with Crippen LogP contribution in [0.15, 0.2) is 36.1 Å². The Morgan fingerprint density at radius 3 is 2.67 bits per heavy atom. The molecule has 0 atom stereocenters. The van der Waals surface area contributed by atoms with Crippen LogP contribution in [0.2, 0.25) is 0 Å². The molecule has 9 heavy (non-hydrogen) atoms. The van der Waals surface area contributed by atoms with Crippen molar-refractivity contribution < 1.29 is 0 Å². The van der Waals surface area contributed by atoms with E-state index in [1.807, 2.05) is 6.08 Å². The van der Waals surface area contributed by atoms with Gasteiger partial charge in [-0.25, -0.2) is 0 Å². The van der Waals surface area contributed by atoms with Crippen LogP contribution in [0.1, 0.15) is 12.8 Å². The first kappa shape index (κ1) is 6.14. The molecule has 0 bridgehead atoms. The third kappa shape index (κ3) is 1.46. The second kappa shape index (κ2) is 2.53. The number of allylic oxidation sites excluding steroid dienone is 3. The van der Waals surface area contributed by atoms with Crippen molar-refractivity contribution >= 4 is 0 Å². The Labute approximate surface area is 55.6 Å². The molecule has 0 aromatic heterocycles. The van der Waals surface area contributed by atoms with Crippen LogP contribution in [0, 0.1) is 0 Å². The molecule has 1 nitrogen and oxygen atoms in total. The van der Waals surface area contributed by atoms with Gasteiger partial charge in [-0.15, -0.1) is 0 Å². The van der Waals surface area contributed by atoms with E-state index in [0.717, 1.165) is 18.4 Å². The zero-order valence-electron chi connectivity index (χ0n) is 5.43. The number of hydrogen-bond acceptors (Lipinski definition) is 1. The minimum Gasteiger partial charge on any atom is -0.399 e. The molecule has 1 aliphatic carbocycles. The molecule has 2 N–H and O–H groups in total. The van der Waals surface area contributed by atoms with Gasteiger partial charge >= 0.3 is 0 Å². The van der Waals surface area contributed by atoms with Gasteiger partial charge in [0.15, 0.2) is 0 Å². The van der Waals surface area contributed by atoms with Gasteiger partial charge in [0.25, 0.3) is 0 Å². The average Bonchev–Trinajstić information content (AvgIpc) is 1.90. The fraction of sp³-hybridized carbons (Fsp3) is 0.250. The molecule has 1 heteroatoms. The topological polar surface area (TPSA) is 26.0 Å². The standard InChI is InChI=1S/C8H11N/c1-7(9)8-5-3-2-4-6-8/h3,5-6H,1-2,4,9H2. The van der Waals surface area contributed by atoms with E-state index in [1.54, 1.807) is 0 Å². The van der Waals surface area contributed by atoms with Crippen molar-refractivity contribution in [2.75, 3.05) is 0 Å². The summed E-state index contributed by atoms with van der Waals surface area (Å²) >= 11 is 0. The van der Waals surface area contributed by atoms with E-state index in [4.69, 9.17) is 5.73 Å². The predicted octanol–water partition coefficient (Wildman–Crippen LogP) is 1.74. The Morgan fingerprint density at radius 1 is 1.56 bits per heavy atom. The molecular weight excluding hydrogens is 110 g/mol. The first-order chi connectivity index (χ1) is 4.30. The average molecular weight is 121 g/mol. The molecule has 0 saturated carbocycles. The molecule has 1 rings (SSSR count). The summed E-state index contributed by atoms with van der Waals surface area (Å²) in [5.41, 5.74) is 7.21. The first-order valence-corrected chi connectivity index (χ1v) is 3.12. The highest BCUT2D eigenvalue weighted by molar-refractivity contribution is 5.37. The summed E-state index contributed by atoms with van der Waals surface area (Å²) in [6.45, 7) is 3.64. The van der Waals surface area contributed by atoms with Gasteiger partial charge in [0, 0.05) is 5.70 Å². The normalized spacial score (nSPS) is 17.1. The number of rotatable bonds is 1. The highest BCUT2D eigenvalue weighted by atomic mass is 14.6. The molecule has 0 aromatic carbocycles. The lowest BCUT2D eigenvalue weighted by molar-refractivity contribution is 1.02. The third-order valence-electron chi connectivity index (χ3n) is 1.37. The summed E-state index contributed by atoms with van der Waals surface area (Å²) in [5, 5.41) is 0. The molecule has 0 aliphatic heterocycles. The Morgan fingerprint density at radius 2 is 2.33 bits per heavy atom. The minimum atomic E-state index is 0.672. The summed E-state index contributed by atoms with van der Waals surface area (Å²) in [5.74, 6) is 0. The fourth-order valence-electron chi connectivity index (χ4n) is 0.852. The van der Waals surface area contributed by atoms with Crippen LogP contribution in [0.5, 0.6) is 0 Å². The van der Waals surface area contributed by atoms with Gasteiger partial charge in [0.05, 0.1) is 0 Å². The second-order valence-electron chi connectivity index (χ2n) is 2.16. The van der Waals surface area contributed by atoms with E-state index in [-0.39, 0.29) is 0 Å². The first-order valence-electron chi connectivity index (χ1n) is 3.12. The van der Waals surface area contributed by atoms with E-state index in [9.17, 15) is 0 Å². The van der Waals surface area contributed by atoms with Crippen molar-refractivity contribution in [3.8, 4) is 0 Å². The van der Waals surface area contributed by atoms with Gasteiger partial charge in [-0.2, -0.15) is 0 Å². The zero-order chi connectivity index (χ0) is 6.69. The van der Waals surface area contributed by atoms with Crippen molar-refractivity contribution in [3.63, 3.8) is 0 Å². The largest absolute Gasteiger partial charge is 0.399 e. The van der Waals surface area contributed by atoms with E-state index in [2.05, 4.69) is 18.7 Å². The third-order valence-corrected chi connectivity index (χ3v) is 1.37. The Balaban J connectivity index is 2.69. The molecule has 0 saturated heterocycles. The quantitative estimate of drug-likeness (QED) is 0.561. The second-order valence-corrected chi connectivity index (χ2v) is 2.16. The van der Waals surface area contributed by atoms with Crippen LogP contribution < -0.4 is 5.73 Å². The maximum absolute atomic E-state index is 5.45. The highest BCUT2D eigenvalue weighted by Crippen LogP contribution is 2.12. The summed E-state index contributed by atoms with van der Waals surface area (Å²) < 4.78 is 0. The zero-order valence-corrected chi connectivity index (χ0v) is 5.43. The molecule has 0 spiro atoms. The van der Waals surface area contributed by atoms with Gasteiger partial charge in [-0.1, -0.05) is 24.8 Å². The van der Waals surface area contributed by atoms with Crippen LogP contribution in [-0.4, -0.2) is 0 Å². The van der Waals surface area contributed by atoms with Crippen molar-refractivity contribution in [2.45, 2.75) is 12.8 Å². The van der Waals surface area contributed by atoms with Crippen molar-refractivity contribution in [2.24, 2.45) is 5.73 Å². The SMILES string of the molecule is C=C(N)C1=CCCC=C1. The van der Waals surface area contributed by atoms with Crippen molar-refractivity contribution in [3.05, 3.63) is 36.1 Å². The summed E-state index contributed by atoms with van der Waals surface area (Å²) in [6, 6.07) is 0. The van der Waals surface area contributed by atoms with Crippen molar-refractivity contribution in [1.29, 1.82) is 0 Å². The van der Waals surface area contributed by atoms with Gasteiger partial charge in [-0.3, -0.25) is 0 Å². The molecule has 0 heterocycles. The van der Waals surface area contributed by atoms with Crippen LogP contribution >= 0.6 is 0 Å². The summed E-state index contributed by atoms with van der Waals surface area (Å²) in [7, 11) is 0.